The van der Waals surface area contributed by atoms with E-state index in [1.54, 1.807) is 4.90 Å². The van der Waals surface area contributed by atoms with Crippen molar-refractivity contribution in [1.29, 1.82) is 0 Å². The fourth-order valence-electron chi connectivity index (χ4n) is 2.52. The Labute approximate surface area is 120 Å². The molecular formula is C15H21NO3S. The molecule has 1 aromatic carbocycles. The summed E-state index contributed by atoms with van der Waals surface area (Å²) in [5.41, 5.74) is 1.07. The highest BCUT2D eigenvalue weighted by Crippen LogP contribution is 2.22. The first-order valence-electron chi connectivity index (χ1n) is 6.94. The molecule has 110 valence electrons. The number of hydrogen-bond donors (Lipinski definition) is 0. The van der Waals surface area contributed by atoms with Gasteiger partial charge in [-0.25, -0.2) is 8.42 Å². The zero-order valence-corrected chi connectivity index (χ0v) is 12.8. The van der Waals surface area contributed by atoms with Crippen molar-refractivity contribution in [3.05, 3.63) is 35.9 Å². The van der Waals surface area contributed by atoms with Crippen molar-refractivity contribution in [2.75, 3.05) is 11.5 Å². The second kappa shape index (κ2) is 5.95. The molecule has 4 nitrogen and oxygen atoms in total. The van der Waals surface area contributed by atoms with Gasteiger partial charge < -0.3 is 4.90 Å². The van der Waals surface area contributed by atoms with Crippen molar-refractivity contribution in [2.45, 2.75) is 32.9 Å². The second-order valence-corrected chi connectivity index (χ2v) is 7.87. The molecule has 1 heterocycles. The Hall–Kier alpha value is -1.36. The van der Waals surface area contributed by atoms with E-state index in [1.165, 1.54) is 0 Å². The Bertz CT molecular complexity index is 566. The van der Waals surface area contributed by atoms with E-state index in [4.69, 9.17) is 0 Å². The molecule has 1 atom stereocenters. The molecule has 0 bridgehead atoms. The third-order valence-electron chi connectivity index (χ3n) is 3.68. The van der Waals surface area contributed by atoms with Gasteiger partial charge in [0.2, 0.25) is 5.91 Å². The first-order chi connectivity index (χ1) is 9.39. The summed E-state index contributed by atoms with van der Waals surface area (Å²) in [6, 6.07) is 9.85. The van der Waals surface area contributed by atoms with Gasteiger partial charge in [-0.3, -0.25) is 4.79 Å². The molecular weight excluding hydrogens is 274 g/mol. The molecule has 2 rings (SSSR count). The molecule has 0 radical (unpaired) electrons. The van der Waals surface area contributed by atoms with Crippen molar-refractivity contribution in [3.8, 4) is 0 Å². The summed E-state index contributed by atoms with van der Waals surface area (Å²) in [6.45, 7) is 4.46. The largest absolute Gasteiger partial charge is 0.336 e. The molecule has 1 aliphatic rings. The Kier molecular flexibility index (Phi) is 4.48. The van der Waals surface area contributed by atoms with Gasteiger partial charge in [0.15, 0.2) is 9.84 Å². The number of amides is 1. The van der Waals surface area contributed by atoms with Crippen LogP contribution in [0.4, 0.5) is 0 Å². The summed E-state index contributed by atoms with van der Waals surface area (Å²) in [6.07, 6.45) is 0.458. The lowest BCUT2D eigenvalue weighted by Crippen LogP contribution is -2.40. The van der Waals surface area contributed by atoms with Gasteiger partial charge in [-0.15, -0.1) is 0 Å². The van der Waals surface area contributed by atoms with E-state index in [0.29, 0.717) is 13.0 Å². The first kappa shape index (κ1) is 15.0. The lowest BCUT2D eigenvalue weighted by Gasteiger charge is -2.29. The number of hydrogen-bond acceptors (Lipinski definition) is 3. The summed E-state index contributed by atoms with van der Waals surface area (Å²) in [5, 5.41) is 0. The number of sulfone groups is 1. The van der Waals surface area contributed by atoms with Crippen LogP contribution in [0.25, 0.3) is 0 Å². The van der Waals surface area contributed by atoms with E-state index in [2.05, 4.69) is 0 Å². The predicted molar refractivity (Wildman–Crippen MR) is 78.9 cm³/mol. The molecule has 1 aromatic rings. The number of benzene rings is 1. The van der Waals surface area contributed by atoms with Gasteiger partial charge in [0.05, 0.1) is 17.4 Å². The van der Waals surface area contributed by atoms with Crippen LogP contribution < -0.4 is 0 Å². The molecule has 0 N–H and O–H groups in total. The first-order valence-corrected chi connectivity index (χ1v) is 8.76. The summed E-state index contributed by atoms with van der Waals surface area (Å²) >= 11 is 0. The Morgan fingerprint density at radius 3 is 2.45 bits per heavy atom. The van der Waals surface area contributed by atoms with Gasteiger partial charge in [-0.1, -0.05) is 30.3 Å². The van der Waals surface area contributed by atoms with Crippen LogP contribution in [0, 0.1) is 5.92 Å². The van der Waals surface area contributed by atoms with Gasteiger partial charge in [-0.2, -0.15) is 0 Å². The quantitative estimate of drug-likeness (QED) is 0.852. The van der Waals surface area contributed by atoms with Crippen molar-refractivity contribution >= 4 is 15.7 Å². The molecule has 20 heavy (non-hydrogen) atoms. The molecule has 0 aliphatic carbocycles. The molecule has 1 unspecified atom stereocenters. The average Bonchev–Trinajstić information content (AvgIpc) is 2.76. The van der Waals surface area contributed by atoms with Crippen molar-refractivity contribution < 1.29 is 13.2 Å². The Morgan fingerprint density at radius 2 is 1.95 bits per heavy atom. The number of rotatable bonds is 4. The van der Waals surface area contributed by atoms with Crippen LogP contribution in [0.3, 0.4) is 0 Å². The van der Waals surface area contributed by atoms with Crippen LogP contribution in [0.15, 0.2) is 30.3 Å². The lowest BCUT2D eigenvalue weighted by atomic mass is 10.1. The zero-order chi connectivity index (χ0) is 14.8. The van der Waals surface area contributed by atoms with Crippen molar-refractivity contribution in [3.63, 3.8) is 0 Å². The van der Waals surface area contributed by atoms with Gasteiger partial charge in [0, 0.05) is 12.6 Å². The van der Waals surface area contributed by atoms with Gasteiger partial charge >= 0.3 is 0 Å². The van der Waals surface area contributed by atoms with E-state index in [9.17, 15) is 13.2 Å². The molecule has 0 saturated carbocycles. The minimum atomic E-state index is -3.02. The molecule has 5 heteroatoms. The predicted octanol–water partition coefficient (Wildman–Crippen LogP) is 1.86. The van der Waals surface area contributed by atoms with Crippen LogP contribution in [0.2, 0.25) is 0 Å². The van der Waals surface area contributed by atoms with Crippen LogP contribution >= 0.6 is 0 Å². The van der Waals surface area contributed by atoms with E-state index >= 15 is 0 Å². The normalized spacial score (nSPS) is 21.1. The Morgan fingerprint density at radius 1 is 1.30 bits per heavy atom. The molecule has 0 aromatic heterocycles. The minimum absolute atomic E-state index is 0.00381. The summed E-state index contributed by atoms with van der Waals surface area (Å²) in [4.78, 5) is 14.3. The maximum Gasteiger partial charge on any atom is 0.227 e. The average molecular weight is 295 g/mol. The van der Waals surface area contributed by atoms with Crippen LogP contribution in [-0.2, 0) is 21.2 Å². The highest BCUT2D eigenvalue weighted by atomic mass is 32.2. The minimum Gasteiger partial charge on any atom is -0.336 e. The van der Waals surface area contributed by atoms with E-state index < -0.39 is 9.84 Å². The maximum absolute atomic E-state index is 12.5. The van der Waals surface area contributed by atoms with E-state index in [-0.39, 0.29) is 29.4 Å². The smallest absolute Gasteiger partial charge is 0.227 e. The Balaban J connectivity index is 2.11. The molecule has 1 fully saturated rings. The number of carbonyl (C=O) groups excluding carboxylic acids is 1. The van der Waals surface area contributed by atoms with Crippen LogP contribution in [0.1, 0.15) is 25.8 Å². The van der Waals surface area contributed by atoms with Crippen molar-refractivity contribution in [1.82, 2.24) is 4.90 Å². The van der Waals surface area contributed by atoms with Crippen LogP contribution in [-0.4, -0.2) is 36.8 Å². The number of nitrogens with zero attached hydrogens (tertiary/aromatic N) is 1. The summed E-state index contributed by atoms with van der Waals surface area (Å²) in [5.74, 6) is -0.263. The lowest BCUT2D eigenvalue weighted by molar-refractivity contribution is -0.137. The molecule has 1 saturated heterocycles. The molecule has 0 spiro atoms. The molecule has 1 amide bonds. The third-order valence-corrected chi connectivity index (χ3v) is 5.45. The number of carbonyl (C=O) groups is 1. The standard InChI is InChI=1S/C15H21NO3S/c1-12(2)16(10-13-6-4-3-5-7-13)15(17)14-8-9-20(18,19)11-14/h3-7,12,14H,8-11H2,1-2H3. The summed E-state index contributed by atoms with van der Waals surface area (Å²) in [7, 11) is -3.02. The SMILES string of the molecule is CC(C)N(Cc1ccccc1)C(=O)C1CCS(=O)(=O)C1. The zero-order valence-electron chi connectivity index (χ0n) is 12.0. The monoisotopic (exact) mass is 295 g/mol. The second-order valence-electron chi connectivity index (χ2n) is 5.65. The maximum atomic E-state index is 12.5. The van der Waals surface area contributed by atoms with Crippen molar-refractivity contribution in [2.24, 2.45) is 5.92 Å². The fourth-order valence-corrected chi connectivity index (χ4v) is 4.25. The summed E-state index contributed by atoms with van der Waals surface area (Å²) < 4.78 is 23.1. The topological polar surface area (TPSA) is 54.5 Å². The highest BCUT2D eigenvalue weighted by molar-refractivity contribution is 7.91. The van der Waals surface area contributed by atoms with E-state index in [0.717, 1.165) is 5.56 Å². The fraction of sp³-hybridized carbons (Fsp3) is 0.533. The van der Waals surface area contributed by atoms with Gasteiger partial charge in [0.1, 0.15) is 0 Å². The van der Waals surface area contributed by atoms with Gasteiger partial charge in [0.25, 0.3) is 0 Å². The molecule has 1 aliphatic heterocycles. The van der Waals surface area contributed by atoms with E-state index in [1.807, 2.05) is 44.2 Å². The highest BCUT2D eigenvalue weighted by Gasteiger charge is 2.36. The third kappa shape index (κ3) is 3.60. The van der Waals surface area contributed by atoms with Gasteiger partial charge in [-0.05, 0) is 25.8 Å². The van der Waals surface area contributed by atoms with Crippen LogP contribution in [0.5, 0.6) is 0 Å².